The maximum Gasteiger partial charge on any atom is 0.0694 e. The van der Waals surface area contributed by atoms with Gasteiger partial charge >= 0.3 is 0 Å². The fourth-order valence-electron chi connectivity index (χ4n) is 1.93. The second-order valence-corrected chi connectivity index (χ2v) is 3.84. The molecule has 1 unspecified atom stereocenters. The molecule has 2 nitrogen and oxygen atoms in total. The number of ether oxygens (including phenoxy) is 1. The highest BCUT2D eigenvalue weighted by Crippen LogP contribution is 2.39. The van der Waals surface area contributed by atoms with E-state index in [9.17, 15) is 0 Å². The Labute approximate surface area is 81.0 Å². The molecule has 1 atom stereocenters. The maximum atomic E-state index is 5.54. The average molecular weight is 181 g/mol. The standard InChI is InChI=1S/C11H19NO/c1-4-6-10(12-2)9-11(13-3)7-5-8-11/h1,10,12H,5-9H2,2-3H3. The van der Waals surface area contributed by atoms with Crippen LogP contribution >= 0.6 is 0 Å². The van der Waals surface area contributed by atoms with Crippen molar-refractivity contribution in [2.45, 2.75) is 43.7 Å². The van der Waals surface area contributed by atoms with Crippen molar-refractivity contribution in [2.75, 3.05) is 14.2 Å². The highest BCUT2D eigenvalue weighted by atomic mass is 16.5. The Hall–Kier alpha value is -0.520. The molecular formula is C11H19NO. The molecule has 0 radical (unpaired) electrons. The minimum atomic E-state index is 0.129. The lowest BCUT2D eigenvalue weighted by molar-refractivity contribution is -0.0828. The van der Waals surface area contributed by atoms with E-state index in [4.69, 9.17) is 11.2 Å². The quantitative estimate of drug-likeness (QED) is 0.650. The Morgan fingerprint density at radius 2 is 2.31 bits per heavy atom. The molecule has 1 N–H and O–H groups in total. The van der Waals surface area contributed by atoms with Gasteiger partial charge in [0.15, 0.2) is 0 Å². The zero-order valence-corrected chi connectivity index (χ0v) is 8.60. The summed E-state index contributed by atoms with van der Waals surface area (Å²) in [4.78, 5) is 0. The Morgan fingerprint density at radius 1 is 1.62 bits per heavy atom. The number of nitrogens with one attached hydrogen (secondary N) is 1. The fourth-order valence-corrected chi connectivity index (χ4v) is 1.93. The highest BCUT2D eigenvalue weighted by molar-refractivity contribution is 4.97. The van der Waals surface area contributed by atoms with E-state index in [0.717, 1.165) is 12.8 Å². The van der Waals surface area contributed by atoms with Crippen LogP contribution in [0.4, 0.5) is 0 Å². The third-order valence-corrected chi connectivity index (χ3v) is 3.09. The first-order valence-corrected chi connectivity index (χ1v) is 4.92. The Bertz CT molecular complexity index is 185. The Kier molecular flexibility index (Phi) is 3.77. The van der Waals surface area contributed by atoms with Gasteiger partial charge < -0.3 is 10.1 Å². The lowest BCUT2D eigenvalue weighted by Crippen LogP contribution is -2.45. The van der Waals surface area contributed by atoms with Gasteiger partial charge in [0, 0.05) is 19.6 Å². The Balaban J connectivity index is 2.40. The smallest absolute Gasteiger partial charge is 0.0694 e. The summed E-state index contributed by atoms with van der Waals surface area (Å²) in [5.74, 6) is 2.70. The summed E-state index contributed by atoms with van der Waals surface area (Å²) in [5, 5.41) is 3.24. The minimum absolute atomic E-state index is 0.129. The lowest BCUT2D eigenvalue weighted by Gasteiger charge is -2.42. The minimum Gasteiger partial charge on any atom is -0.378 e. The second kappa shape index (κ2) is 4.64. The molecule has 0 aromatic rings. The van der Waals surface area contributed by atoms with Crippen molar-refractivity contribution in [2.24, 2.45) is 0 Å². The molecule has 0 aliphatic heterocycles. The first kappa shape index (κ1) is 10.6. The van der Waals surface area contributed by atoms with Gasteiger partial charge in [-0.1, -0.05) is 0 Å². The van der Waals surface area contributed by atoms with Gasteiger partial charge in [0.25, 0.3) is 0 Å². The molecule has 2 heteroatoms. The molecular weight excluding hydrogens is 162 g/mol. The fraction of sp³-hybridized carbons (Fsp3) is 0.818. The molecule has 0 aromatic heterocycles. The lowest BCUT2D eigenvalue weighted by atomic mass is 9.75. The molecule has 1 aliphatic rings. The van der Waals surface area contributed by atoms with Crippen molar-refractivity contribution in [1.29, 1.82) is 0 Å². The maximum absolute atomic E-state index is 5.54. The molecule has 0 amide bonds. The van der Waals surface area contributed by atoms with E-state index in [2.05, 4.69) is 11.2 Å². The van der Waals surface area contributed by atoms with Crippen molar-refractivity contribution in [1.82, 2.24) is 5.32 Å². The summed E-state index contributed by atoms with van der Waals surface area (Å²) >= 11 is 0. The van der Waals surface area contributed by atoms with Crippen LogP contribution in [-0.4, -0.2) is 25.8 Å². The first-order chi connectivity index (χ1) is 6.26. The van der Waals surface area contributed by atoms with Crippen molar-refractivity contribution in [3.05, 3.63) is 0 Å². The molecule has 74 valence electrons. The van der Waals surface area contributed by atoms with Gasteiger partial charge in [0.2, 0.25) is 0 Å². The van der Waals surface area contributed by atoms with E-state index in [1.165, 1.54) is 19.3 Å². The van der Waals surface area contributed by atoms with Gasteiger partial charge in [0.1, 0.15) is 0 Å². The third-order valence-electron chi connectivity index (χ3n) is 3.09. The van der Waals surface area contributed by atoms with E-state index in [0.29, 0.717) is 6.04 Å². The molecule has 1 saturated carbocycles. The molecule has 1 aliphatic carbocycles. The zero-order chi connectivity index (χ0) is 9.73. The van der Waals surface area contributed by atoms with Crippen LogP contribution < -0.4 is 5.32 Å². The summed E-state index contributed by atoms with van der Waals surface area (Å²) < 4.78 is 5.54. The predicted molar refractivity (Wildman–Crippen MR) is 54.5 cm³/mol. The highest BCUT2D eigenvalue weighted by Gasteiger charge is 2.38. The van der Waals surface area contributed by atoms with Crippen LogP contribution in [0.5, 0.6) is 0 Å². The van der Waals surface area contributed by atoms with Gasteiger partial charge in [-0.2, -0.15) is 0 Å². The van der Waals surface area contributed by atoms with Gasteiger partial charge in [-0.3, -0.25) is 0 Å². The normalized spacial score (nSPS) is 21.6. The van der Waals surface area contributed by atoms with Gasteiger partial charge in [-0.05, 0) is 32.7 Å². The van der Waals surface area contributed by atoms with E-state index in [-0.39, 0.29) is 5.60 Å². The molecule has 0 spiro atoms. The molecule has 0 aromatic carbocycles. The average Bonchev–Trinajstić information content (AvgIpc) is 2.09. The number of rotatable bonds is 5. The second-order valence-electron chi connectivity index (χ2n) is 3.84. The SMILES string of the molecule is C#CCC(CC1(OC)CCC1)NC. The van der Waals surface area contributed by atoms with E-state index < -0.39 is 0 Å². The third kappa shape index (κ3) is 2.46. The number of hydrogen-bond acceptors (Lipinski definition) is 2. The van der Waals surface area contributed by atoms with Crippen LogP contribution in [0.15, 0.2) is 0 Å². The molecule has 1 rings (SSSR count). The molecule has 0 saturated heterocycles. The molecule has 1 fully saturated rings. The van der Waals surface area contributed by atoms with Gasteiger partial charge in [0.05, 0.1) is 5.60 Å². The number of terminal acetylenes is 1. The Morgan fingerprint density at radius 3 is 2.62 bits per heavy atom. The molecule has 0 bridgehead atoms. The van der Waals surface area contributed by atoms with Crippen molar-refractivity contribution in [3.8, 4) is 12.3 Å². The van der Waals surface area contributed by atoms with Gasteiger partial charge in [-0.25, -0.2) is 0 Å². The van der Waals surface area contributed by atoms with Crippen LogP contribution in [0.25, 0.3) is 0 Å². The number of methoxy groups -OCH3 is 1. The first-order valence-electron chi connectivity index (χ1n) is 4.92. The summed E-state index contributed by atoms with van der Waals surface area (Å²) in [6.07, 6.45) is 10.8. The largest absolute Gasteiger partial charge is 0.378 e. The van der Waals surface area contributed by atoms with Crippen molar-refractivity contribution in [3.63, 3.8) is 0 Å². The monoisotopic (exact) mass is 181 g/mol. The summed E-state index contributed by atoms with van der Waals surface area (Å²) in [5.41, 5.74) is 0.129. The summed E-state index contributed by atoms with van der Waals surface area (Å²) in [6.45, 7) is 0. The van der Waals surface area contributed by atoms with E-state index in [1.807, 2.05) is 14.2 Å². The van der Waals surface area contributed by atoms with E-state index in [1.54, 1.807) is 0 Å². The number of hydrogen-bond donors (Lipinski definition) is 1. The molecule has 13 heavy (non-hydrogen) atoms. The van der Waals surface area contributed by atoms with Crippen LogP contribution in [0.1, 0.15) is 32.1 Å². The zero-order valence-electron chi connectivity index (χ0n) is 8.60. The van der Waals surface area contributed by atoms with Crippen LogP contribution in [0, 0.1) is 12.3 Å². The van der Waals surface area contributed by atoms with Gasteiger partial charge in [-0.15, -0.1) is 12.3 Å². The van der Waals surface area contributed by atoms with Crippen molar-refractivity contribution < 1.29 is 4.74 Å². The van der Waals surface area contributed by atoms with Crippen LogP contribution in [-0.2, 0) is 4.74 Å². The summed E-state index contributed by atoms with van der Waals surface area (Å²) in [7, 11) is 3.77. The molecule has 0 heterocycles. The van der Waals surface area contributed by atoms with Crippen LogP contribution in [0.2, 0.25) is 0 Å². The van der Waals surface area contributed by atoms with E-state index >= 15 is 0 Å². The predicted octanol–water partition coefficient (Wildman–Crippen LogP) is 1.56. The van der Waals surface area contributed by atoms with Crippen molar-refractivity contribution >= 4 is 0 Å². The topological polar surface area (TPSA) is 21.3 Å². The summed E-state index contributed by atoms with van der Waals surface area (Å²) in [6, 6.07) is 0.408. The van der Waals surface area contributed by atoms with Crippen LogP contribution in [0.3, 0.4) is 0 Å².